The van der Waals surface area contributed by atoms with Gasteiger partial charge in [-0.25, -0.2) is 13.2 Å². The van der Waals surface area contributed by atoms with Crippen molar-refractivity contribution in [2.24, 2.45) is 0 Å². The monoisotopic (exact) mass is 337 g/mol. The highest BCUT2D eigenvalue weighted by molar-refractivity contribution is 6.33. The van der Waals surface area contributed by atoms with E-state index in [4.69, 9.17) is 11.6 Å². The zero-order valence-corrected chi connectivity index (χ0v) is 12.6. The van der Waals surface area contributed by atoms with Crippen molar-refractivity contribution < 1.29 is 18.0 Å². The zero-order chi connectivity index (χ0) is 16.6. The van der Waals surface area contributed by atoms with Crippen molar-refractivity contribution in [3.8, 4) is 0 Å². The lowest BCUT2D eigenvalue weighted by molar-refractivity contribution is -0.120. The Morgan fingerprint density at radius 3 is 2.35 bits per heavy atom. The lowest BCUT2D eigenvalue weighted by Gasteiger charge is -2.22. The predicted molar refractivity (Wildman–Crippen MR) is 82.0 cm³/mol. The fourth-order valence-corrected chi connectivity index (χ4v) is 2.77. The maximum Gasteiger partial charge on any atom is 0.224 e. The Morgan fingerprint density at radius 2 is 1.65 bits per heavy atom. The molecule has 0 aromatic heterocycles. The van der Waals surface area contributed by atoms with E-state index < -0.39 is 17.5 Å². The quantitative estimate of drug-likeness (QED) is 0.801. The molecule has 0 spiro atoms. The Morgan fingerprint density at radius 1 is 0.957 bits per heavy atom. The van der Waals surface area contributed by atoms with Gasteiger partial charge < -0.3 is 5.32 Å². The standard InChI is InChI=1S/C17H11ClF3NO/c18-16-13(7-11(20)8-14(16)21)12-5-6-15(23)22-17(12)9-1-3-10(19)4-2-9/h1-4,7-8H,5-6H2,(H,22,23). The van der Waals surface area contributed by atoms with Crippen LogP contribution in [0.3, 0.4) is 0 Å². The van der Waals surface area contributed by atoms with Crippen molar-refractivity contribution in [3.63, 3.8) is 0 Å². The molecule has 2 aromatic rings. The SMILES string of the molecule is O=C1CCC(c2cc(F)cc(F)c2Cl)=C(c2ccc(F)cc2)N1. The fraction of sp³-hybridized carbons (Fsp3) is 0.118. The maximum absolute atomic E-state index is 13.7. The molecule has 0 radical (unpaired) electrons. The first-order valence-electron chi connectivity index (χ1n) is 6.89. The minimum atomic E-state index is -0.871. The smallest absolute Gasteiger partial charge is 0.224 e. The van der Waals surface area contributed by atoms with Crippen molar-refractivity contribution in [3.05, 3.63) is 70.0 Å². The van der Waals surface area contributed by atoms with Gasteiger partial charge in [-0.1, -0.05) is 11.6 Å². The summed E-state index contributed by atoms with van der Waals surface area (Å²) in [5.74, 6) is -2.27. The van der Waals surface area contributed by atoms with Crippen molar-refractivity contribution in [1.82, 2.24) is 5.32 Å². The normalized spacial score (nSPS) is 14.9. The van der Waals surface area contributed by atoms with Crippen molar-refractivity contribution in [2.75, 3.05) is 0 Å². The molecule has 0 saturated heterocycles. The summed E-state index contributed by atoms with van der Waals surface area (Å²) in [4.78, 5) is 11.7. The molecule has 0 aliphatic carbocycles. The Balaban J connectivity index is 2.21. The number of hydrogen-bond acceptors (Lipinski definition) is 1. The van der Waals surface area contributed by atoms with Crippen LogP contribution in [0.2, 0.25) is 5.02 Å². The molecule has 6 heteroatoms. The molecule has 1 heterocycles. The summed E-state index contributed by atoms with van der Waals surface area (Å²) < 4.78 is 40.4. The van der Waals surface area contributed by atoms with E-state index in [9.17, 15) is 18.0 Å². The van der Waals surface area contributed by atoms with E-state index in [1.807, 2.05) is 0 Å². The molecule has 0 unspecified atom stereocenters. The second-order valence-corrected chi connectivity index (χ2v) is 5.54. The van der Waals surface area contributed by atoms with Crippen LogP contribution in [0.15, 0.2) is 36.4 Å². The minimum Gasteiger partial charge on any atom is -0.325 e. The van der Waals surface area contributed by atoms with Gasteiger partial charge in [0, 0.05) is 18.1 Å². The number of carbonyl (C=O) groups excluding carboxylic acids is 1. The molecule has 0 atom stereocenters. The molecule has 1 aliphatic rings. The Labute approximate surface area is 135 Å². The highest BCUT2D eigenvalue weighted by atomic mass is 35.5. The largest absolute Gasteiger partial charge is 0.325 e. The molecule has 2 nitrogen and oxygen atoms in total. The zero-order valence-electron chi connectivity index (χ0n) is 11.8. The summed E-state index contributed by atoms with van der Waals surface area (Å²) in [7, 11) is 0. The van der Waals surface area contributed by atoms with E-state index in [0.29, 0.717) is 22.9 Å². The number of hydrogen-bond donors (Lipinski definition) is 1. The van der Waals surface area contributed by atoms with Gasteiger partial charge in [-0.2, -0.15) is 0 Å². The van der Waals surface area contributed by atoms with Crippen LogP contribution in [0.5, 0.6) is 0 Å². The maximum atomic E-state index is 13.7. The van der Waals surface area contributed by atoms with Gasteiger partial charge in [0.1, 0.15) is 17.5 Å². The van der Waals surface area contributed by atoms with E-state index in [0.717, 1.165) is 6.07 Å². The van der Waals surface area contributed by atoms with E-state index in [-0.39, 0.29) is 29.3 Å². The lowest BCUT2D eigenvalue weighted by Crippen LogP contribution is -2.26. The van der Waals surface area contributed by atoms with Crippen LogP contribution in [-0.2, 0) is 4.79 Å². The van der Waals surface area contributed by atoms with Crippen LogP contribution in [0.1, 0.15) is 24.0 Å². The molecule has 23 heavy (non-hydrogen) atoms. The first-order valence-corrected chi connectivity index (χ1v) is 7.27. The summed E-state index contributed by atoms with van der Waals surface area (Å²) in [5.41, 5.74) is 1.62. The van der Waals surface area contributed by atoms with Crippen molar-refractivity contribution >= 4 is 28.8 Å². The van der Waals surface area contributed by atoms with E-state index in [1.165, 1.54) is 24.3 Å². The third kappa shape index (κ3) is 3.10. The van der Waals surface area contributed by atoms with E-state index >= 15 is 0 Å². The molecule has 1 amide bonds. The Kier molecular flexibility index (Phi) is 4.13. The van der Waals surface area contributed by atoms with Gasteiger partial charge >= 0.3 is 0 Å². The minimum absolute atomic E-state index is 0.175. The number of benzene rings is 2. The second kappa shape index (κ2) is 6.08. The van der Waals surface area contributed by atoms with Gasteiger partial charge in [0.25, 0.3) is 0 Å². The molecule has 3 rings (SSSR count). The average Bonchev–Trinajstić information content (AvgIpc) is 2.52. The third-order valence-corrected chi connectivity index (χ3v) is 4.00. The molecular weight excluding hydrogens is 327 g/mol. The number of rotatable bonds is 2. The van der Waals surface area contributed by atoms with Gasteiger partial charge in [0.05, 0.1) is 10.7 Å². The van der Waals surface area contributed by atoms with Crippen LogP contribution in [-0.4, -0.2) is 5.91 Å². The highest BCUT2D eigenvalue weighted by Crippen LogP contribution is 2.36. The number of amides is 1. The lowest BCUT2D eigenvalue weighted by atomic mass is 9.92. The first-order chi connectivity index (χ1) is 11.0. The number of allylic oxidation sites excluding steroid dienone is 1. The molecule has 0 saturated carbocycles. The molecular formula is C17H11ClF3NO. The van der Waals surface area contributed by atoms with Crippen LogP contribution in [0.25, 0.3) is 11.3 Å². The van der Waals surface area contributed by atoms with E-state index in [1.54, 1.807) is 0 Å². The van der Waals surface area contributed by atoms with Crippen LogP contribution in [0, 0.1) is 17.5 Å². The Hall–Kier alpha value is -2.27. The van der Waals surface area contributed by atoms with Crippen LogP contribution >= 0.6 is 11.6 Å². The summed E-state index contributed by atoms with van der Waals surface area (Å²) in [6.07, 6.45) is 0.454. The highest BCUT2D eigenvalue weighted by Gasteiger charge is 2.23. The number of nitrogens with one attached hydrogen (secondary N) is 1. The average molecular weight is 338 g/mol. The van der Waals surface area contributed by atoms with Crippen LogP contribution < -0.4 is 5.32 Å². The van der Waals surface area contributed by atoms with Crippen molar-refractivity contribution in [2.45, 2.75) is 12.8 Å². The van der Waals surface area contributed by atoms with Gasteiger partial charge in [0.15, 0.2) is 0 Å². The van der Waals surface area contributed by atoms with E-state index in [2.05, 4.69) is 5.32 Å². The number of halogens is 4. The molecule has 1 aliphatic heterocycles. The van der Waals surface area contributed by atoms with Crippen LogP contribution in [0.4, 0.5) is 13.2 Å². The molecule has 2 aromatic carbocycles. The molecule has 1 N–H and O–H groups in total. The van der Waals surface area contributed by atoms with Gasteiger partial charge in [0.2, 0.25) is 5.91 Å². The second-order valence-electron chi connectivity index (χ2n) is 5.16. The first kappa shape index (κ1) is 15.6. The van der Waals surface area contributed by atoms with Gasteiger partial charge in [-0.15, -0.1) is 0 Å². The summed E-state index contributed by atoms with van der Waals surface area (Å²) in [5, 5.41) is 2.47. The number of carbonyl (C=O) groups is 1. The molecule has 118 valence electrons. The third-order valence-electron chi connectivity index (χ3n) is 3.62. The summed E-state index contributed by atoms with van der Waals surface area (Å²) in [6.45, 7) is 0. The molecule has 0 bridgehead atoms. The summed E-state index contributed by atoms with van der Waals surface area (Å²) in [6, 6.07) is 7.29. The van der Waals surface area contributed by atoms with Crippen molar-refractivity contribution in [1.29, 1.82) is 0 Å². The topological polar surface area (TPSA) is 29.1 Å². The van der Waals surface area contributed by atoms with Gasteiger partial charge in [-0.3, -0.25) is 4.79 Å². The summed E-state index contributed by atoms with van der Waals surface area (Å²) >= 11 is 5.96. The predicted octanol–water partition coefficient (Wildman–Crippen LogP) is 4.54. The fourth-order valence-electron chi connectivity index (χ4n) is 2.55. The molecule has 0 fully saturated rings. The van der Waals surface area contributed by atoms with Gasteiger partial charge in [-0.05, 0) is 47.9 Å². The Bertz CT molecular complexity index is 815.